The molecule has 6 nitrogen and oxygen atoms in total. The zero-order valence-corrected chi connectivity index (χ0v) is 15.7. The van der Waals surface area contributed by atoms with Gasteiger partial charge in [0.2, 0.25) is 5.91 Å². The largest absolute Gasteiger partial charge is 0.369 e. The Hall–Kier alpha value is -2.93. The normalized spacial score (nSPS) is 10.7. The summed E-state index contributed by atoms with van der Waals surface area (Å²) >= 11 is 1.27. The lowest BCUT2D eigenvalue weighted by molar-refractivity contribution is -0.117. The summed E-state index contributed by atoms with van der Waals surface area (Å²) in [6.07, 6.45) is 0.0637. The molecule has 0 aliphatic rings. The molecule has 2 aromatic heterocycles. The van der Waals surface area contributed by atoms with Crippen molar-refractivity contribution in [1.29, 1.82) is 0 Å². The molecule has 0 fully saturated rings. The number of nitrogens with zero attached hydrogens (tertiary/aromatic N) is 2. The summed E-state index contributed by atoms with van der Waals surface area (Å²) in [7, 11) is 0. The first-order valence-corrected chi connectivity index (χ1v) is 9.03. The Morgan fingerprint density at radius 2 is 1.96 bits per heavy atom. The van der Waals surface area contributed by atoms with E-state index in [0.29, 0.717) is 16.4 Å². The second-order valence-electron chi connectivity index (χ2n) is 6.15. The second-order valence-corrected chi connectivity index (χ2v) is 7.01. The number of nitrogens with two attached hydrogens (primary N) is 1. The monoisotopic (exact) mass is 368 g/mol. The fourth-order valence-electron chi connectivity index (χ4n) is 2.97. The van der Waals surface area contributed by atoms with Gasteiger partial charge in [-0.3, -0.25) is 14.9 Å². The second kappa shape index (κ2) is 7.13. The van der Waals surface area contributed by atoms with Crippen LogP contribution in [-0.2, 0) is 11.2 Å². The van der Waals surface area contributed by atoms with Crippen molar-refractivity contribution in [2.45, 2.75) is 27.2 Å². The van der Waals surface area contributed by atoms with E-state index < -0.39 is 5.91 Å². The molecule has 0 radical (unpaired) electrons. The summed E-state index contributed by atoms with van der Waals surface area (Å²) in [5.74, 6) is -0.673. The Balaban J connectivity index is 1.87. The molecule has 0 aliphatic carbocycles. The van der Waals surface area contributed by atoms with Gasteiger partial charge in [0.25, 0.3) is 5.91 Å². The van der Waals surface area contributed by atoms with Crippen LogP contribution in [0.15, 0.2) is 35.7 Å². The SMILES string of the molecule is Cc1ccccc1-n1c(C)cc(C(=O)Nc2nc(CC(N)=O)cs2)c1C. The number of anilines is 1. The van der Waals surface area contributed by atoms with E-state index in [4.69, 9.17) is 5.73 Å². The average molecular weight is 368 g/mol. The van der Waals surface area contributed by atoms with Crippen molar-refractivity contribution in [1.82, 2.24) is 9.55 Å². The van der Waals surface area contributed by atoms with Gasteiger partial charge in [-0.2, -0.15) is 0 Å². The maximum atomic E-state index is 12.7. The van der Waals surface area contributed by atoms with Crippen LogP contribution in [0.3, 0.4) is 0 Å². The zero-order valence-electron chi connectivity index (χ0n) is 14.9. The van der Waals surface area contributed by atoms with Gasteiger partial charge in [0.05, 0.1) is 17.7 Å². The molecule has 26 heavy (non-hydrogen) atoms. The fourth-order valence-corrected chi connectivity index (χ4v) is 3.67. The number of hydrogen-bond acceptors (Lipinski definition) is 4. The number of aromatic nitrogens is 2. The molecule has 3 rings (SSSR count). The molecule has 0 atom stereocenters. The van der Waals surface area contributed by atoms with E-state index in [9.17, 15) is 9.59 Å². The van der Waals surface area contributed by atoms with Crippen LogP contribution in [0.5, 0.6) is 0 Å². The molecule has 7 heteroatoms. The number of benzene rings is 1. The Kier molecular flexibility index (Phi) is 4.90. The van der Waals surface area contributed by atoms with Crippen molar-refractivity contribution in [3.05, 3.63) is 63.9 Å². The molecule has 0 aliphatic heterocycles. The predicted octanol–water partition coefficient (Wildman–Crippen LogP) is 3.14. The van der Waals surface area contributed by atoms with Gasteiger partial charge in [-0.25, -0.2) is 4.98 Å². The molecule has 1 aromatic carbocycles. The molecule has 3 aromatic rings. The number of amides is 2. The third-order valence-electron chi connectivity index (χ3n) is 4.16. The Labute approximate surface area is 155 Å². The molecule has 0 bridgehead atoms. The molecule has 3 N–H and O–H groups in total. The van der Waals surface area contributed by atoms with Gasteiger partial charge in [-0.05, 0) is 38.5 Å². The maximum Gasteiger partial charge on any atom is 0.259 e. The minimum atomic E-state index is -0.449. The number of hydrogen-bond donors (Lipinski definition) is 2. The van der Waals surface area contributed by atoms with Gasteiger partial charge >= 0.3 is 0 Å². The van der Waals surface area contributed by atoms with E-state index >= 15 is 0 Å². The molecule has 134 valence electrons. The Morgan fingerprint density at radius 3 is 2.65 bits per heavy atom. The molecular formula is C19H20N4O2S. The number of carbonyl (C=O) groups is 2. The van der Waals surface area contributed by atoms with Crippen molar-refractivity contribution in [2.75, 3.05) is 5.32 Å². The minimum absolute atomic E-state index is 0.0637. The topological polar surface area (TPSA) is 90.0 Å². The van der Waals surface area contributed by atoms with Crippen molar-refractivity contribution >= 4 is 28.3 Å². The molecule has 0 saturated carbocycles. The number of primary amides is 1. The van der Waals surface area contributed by atoms with Gasteiger partial charge in [-0.15, -0.1) is 11.3 Å². The van der Waals surface area contributed by atoms with Gasteiger partial charge in [0, 0.05) is 22.5 Å². The Morgan fingerprint density at radius 1 is 1.23 bits per heavy atom. The molecular weight excluding hydrogens is 348 g/mol. The number of aryl methyl sites for hydroxylation is 2. The standard InChI is InChI=1S/C19H20N4O2S/c1-11-6-4-5-7-16(11)23-12(2)8-15(13(23)3)18(25)22-19-21-14(10-26-19)9-17(20)24/h4-8,10H,9H2,1-3H3,(H2,20,24)(H,21,22,25). The highest BCUT2D eigenvalue weighted by Crippen LogP contribution is 2.24. The van der Waals surface area contributed by atoms with E-state index in [1.54, 1.807) is 5.38 Å². The molecule has 0 saturated heterocycles. The first kappa shape index (κ1) is 17.9. The number of thiazole rings is 1. The predicted molar refractivity (Wildman–Crippen MR) is 103 cm³/mol. The summed E-state index contributed by atoms with van der Waals surface area (Å²) < 4.78 is 2.07. The highest BCUT2D eigenvalue weighted by Gasteiger charge is 2.18. The van der Waals surface area contributed by atoms with Crippen LogP contribution < -0.4 is 11.1 Å². The van der Waals surface area contributed by atoms with Crippen molar-refractivity contribution in [2.24, 2.45) is 5.73 Å². The van der Waals surface area contributed by atoms with Crippen molar-refractivity contribution < 1.29 is 9.59 Å². The summed E-state index contributed by atoms with van der Waals surface area (Å²) in [6.45, 7) is 5.95. The summed E-state index contributed by atoms with van der Waals surface area (Å²) in [5, 5.41) is 4.97. The quantitative estimate of drug-likeness (QED) is 0.725. The minimum Gasteiger partial charge on any atom is -0.369 e. The molecule has 0 unspecified atom stereocenters. The average Bonchev–Trinajstić information content (AvgIpc) is 3.12. The first-order chi connectivity index (χ1) is 12.4. The fraction of sp³-hybridized carbons (Fsp3) is 0.211. The van der Waals surface area contributed by atoms with E-state index in [1.807, 2.05) is 51.1 Å². The highest BCUT2D eigenvalue weighted by atomic mass is 32.1. The lowest BCUT2D eigenvalue weighted by Crippen LogP contribution is -2.15. The number of carbonyl (C=O) groups excluding carboxylic acids is 2. The number of para-hydroxylation sites is 1. The zero-order chi connectivity index (χ0) is 18.8. The lowest BCUT2D eigenvalue weighted by atomic mass is 10.2. The first-order valence-electron chi connectivity index (χ1n) is 8.16. The van der Waals surface area contributed by atoms with Crippen molar-refractivity contribution in [3.8, 4) is 5.69 Å². The molecule has 2 amide bonds. The summed E-state index contributed by atoms with van der Waals surface area (Å²) in [4.78, 5) is 27.9. The third kappa shape index (κ3) is 3.52. The lowest BCUT2D eigenvalue weighted by Gasteiger charge is -2.12. The Bertz CT molecular complexity index is 987. The molecule has 0 spiro atoms. The van der Waals surface area contributed by atoms with E-state index in [-0.39, 0.29) is 12.3 Å². The van der Waals surface area contributed by atoms with Crippen LogP contribution in [0.4, 0.5) is 5.13 Å². The van der Waals surface area contributed by atoms with Gasteiger partial charge < -0.3 is 10.3 Å². The van der Waals surface area contributed by atoms with Crippen LogP contribution in [0.2, 0.25) is 0 Å². The summed E-state index contributed by atoms with van der Waals surface area (Å²) in [5.41, 5.74) is 10.4. The van der Waals surface area contributed by atoms with Gasteiger partial charge in [0.1, 0.15) is 0 Å². The van der Waals surface area contributed by atoms with Crippen LogP contribution in [0.1, 0.15) is 33.0 Å². The van der Waals surface area contributed by atoms with Gasteiger partial charge in [0.15, 0.2) is 5.13 Å². The number of nitrogens with one attached hydrogen (secondary N) is 1. The van der Waals surface area contributed by atoms with Crippen LogP contribution in [0, 0.1) is 20.8 Å². The van der Waals surface area contributed by atoms with Crippen LogP contribution in [-0.4, -0.2) is 21.4 Å². The maximum absolute atomic E-state index is 12.7. The van der Waals surface area contributed by atoms with Gasteiger partial charge in [-0.1, -0.05) is 18.2 Å². The van der Waals surface area contributed by atoms with Crippen molar-refractivity contribution in [3.63, 3.8) is 0 Å². The van der Waals surface area contributed by atoms with E-state index in [1.165, 1.54) is 11.3 Å². The van der Waals surface area contributed by atoms with E-state index in [0.717, 1.165) is 22.6 Å². The highest BCUT2D eigenvalue weighted by molar-refractivity contribution is 7.14. The van der Waals surface area contributed by atoms with E-state index in [2.05, 4.69) is 14.9 Å². The molecule has 2 heterocycles. The number of rotatable bonds is 5. The van der Waals surface area contributed by atoms with Crippen LogP contribution >= 0.6 is 11.3 Å². The summed E-state index contributed by atoms with van der Waals surface area (Å²) in [6, 6.07) is 9.93. The van der Waals surface area contributed by atoms with Crippen LogP contribution in [0.25, 0.3) is 5.69 Å². The third-order valence-corrected chi connectivity index (χ3v) is 4.97. The smallest absolute Gasteiger partial charge is 0.259 e.